The van der Waals surface area contributed by atoms with Crippen molar-refractivity contribution >= 4 is 11.8 Å². The van der Waals surface area contributed by atoms with Crippen molar-refractivity contribution in [3.8, 4) is 0 Å². The van der Waals surface area contributed by atoms with Gasteiger partial charge in [-0.05, 0) is 25.5 Å². The molecule has 0 unspecified atom stereocenters. The lowest BCUT2D eigenvalue weighted by Crippen LogP contribution is -2.28. The fourth-order valence-electron chi connectivity index (χ4n) is 1.91. The standard InChI is InChI=1S/C12H16N2O3/c1-9-3-4-10(12(15)16)11(13-9)14-5-2-7-17-8-6-14/h3-4H,2,5-8H2,1H3,(H,15,16). The van der Waals surface area contributed by atoms with E-state index in [-0.39, 0.29) is 5.56 Å². The van der Waals surface area contributed by atoms with Crippen LogP contribution in [0.5, 0.6) is 0 Å². The summed E-state index contributed by atoms with van der Waals surface area (Å²) in [7, 11) is 0. The lowest BCUT2D eigenvalue weighted by molar-refractivity contribution is 0.0697. The van der Waals surface area contributed by atoms with E-state index >= 15 is 0 Å². The Balaban J connectivity index is 2.34. The van der Waals surface area contributed by atoms with Crippen LogP contribution in [-0.4, -0.2) is 42.4 Å². The number of nitrogens with zero attached hydrogens (tertiary/aromatic N) is 2. The van der Waals surface area contributed by atoms with Gasteiger partial charge in [-0.15, -0.1) is 0 Å². The molecule has 17 heavy (non-hydrogen) atoms. The molecule has 0 saturated carbocycles. The lowest BCUT2D eigenvalue weighted by Gasteiger charge is -2.22. The average Bonchev–Trinajstić information content (AvgIpc) is 2.56. The number of carbonyl (C=O) groups is 1. The van der Waals surface area contributed by atoms with Crippen LogP contribution in [-0.2, 0) is 4.74 Å². The number of hydrogen-bond donors (Lipinski definition) is 1. The highest BCUT2D eigenvalue weighted by molar-refractivity contribution is 5.93. The fraction of sp³-hybridized carbons (Fsp3) is 0.500. The summed E-state index contributed by atoms with van der Waals surface area (Å²) < 4.78 is 5.36. The fourth-order valence-corrected chi connectivity index (χ4v) is 1.91. The Morgan fingerprint density at radius 1 is 1.41 bits per heavy atom. The number of pyridine rings is 1. The first-order valence-corrected chi connectivity index (χ1v) is 5.72. The van der Waals surface area contributed by atoms with E-state index in [4.69, 9.17) is 9.84 Å². The van der Waals surface area contributed by atoms with Crippen LogP contribution in [0.4, 0.5) is 5.82 Å². The van der Waals surface area contributed by atoms with Crippen LogP contribution in [0.15, 0.2) is 12.1 Å². The zero-order valence-electron chi connectivity index (χ0n) is 9.85. The molecule has 1 fully saturated rings. The Morgan fingerprint density at radius 2 is 2.24 bits per heavy atom. The van der Waals surface area contributed by atoms with E-state index < -0.39 is 5.97 Å². The van der Waals surface area contributed by atoms with Crippen molar-refractivity contribution in [3.05, 3.63) is 23.4 Å². The topological polar surface area (TPSA) is 62.7 Å². The Labute approximate surface area is 100 Å². The molecule has 0 atom stereocenters. The van der Waals surface area contributed by atoms with Gasteiger partial charge in [0.2, 0.25) is 0 Å². The monoisotopic (exact) mass is 236 g/mol. The molecular formula is C12H16N2O3. The van der Waals surface area contributed by atoms with Crippen molar-refractivity contribution in [2.75, 3.05) is 31.2 Å². The summed E-state index contributed by atoms with van der Waals surface area (Å²) in [6.45, 7) is 4.69. The number of anilines is 1. The second-order valence-electron chi connectivity index (χ2n) is 4.08. The summed E-state index contributed by atoms with van der Waals surface area (Å²) in [4.78, 5) is 17.5. The van der Waals surface area contributed by atoms with Crippen molar-refractivity contribution in [1.82, 2.24) is 4.98 Å². The van der Waals surface area contributed by atoms with E-state index in [0.29, 0.717) is 19.0 Å². The number of carboxylic acid groups (broad SMARTS) is 1. The summed E-state index contributed by atoms with van der Waals surface area (Å²) >= 11 is 0. The predicted molar refractivity (Wildman–Crippen MR) is 63.6 cm³/mol. The predicted octanol–water partition coefficient (Wildman–Crippen LogP) is 1.31. The largest absolute Gasteiger partial charge is 0.478 e. The summed E-state index contributed by atoms with van der Waals surface area (Å²) in [6.07, 6.45) is 0.898. The maximum absolute atomic E-state index is 11.2. The maximum atomic E-state index is 11.2. The second-order valence-corrected chi connectivity index (χ2v) is 4.08. The van der Waals surface area contributed by atoms with E-state index in [1.54, 1.807) is 12.1 Å². The third-order valence-electron chi connectivity index (χ3n) is 2.77. The molecule has 5 heteroatoms. The number of aromatic carboxylic acids is 1. The molecule has 2 heterocycles. The van der Waals surface area contributed by atoms with Gasteiger partial charge in [0.1, 0.15) is 11.4 Å². The summed E-state index contributed by atoms with van der Waals surface area (Å²) in [5.41, 5.74) is 1.09. The molecule has 0 aliphatic carbocycles. The van der Waals surface area contributed by atoms with Crippen LogP contribution in [0.25, 0.3) is 0 Å². The van der Waals surface area contributed by atoms with Crippen molar-refractivity contribution in [1.29, 1.82) is 0 Å². The molecule has 1 saturated heterocycles. The first kappa shape index (κ1) is 11.9. The molecule has 1 aliphatic heterocycles. The van der Waals surface area contributed by atoms with Gasteiger partial charge in [-0.1, -0.05) is 0 Å². The van der Waals surface area contributed by atoms with Gasteiger partial charge >= 0.3 is 5.97 Å². The zero-order valence-corrected chi connectivity index (χ0v) is 9.85. The molecule has 5 nitrogen and oxygen atoms in total. The molecule has 0 bridgehead atoms. The van der Waals surface area contributed by atoms with Crippen LogP contribution in [0.1, 0.15) is 22.5 Å². The Bertz CT molecular complexity index is 412. The number of carboxylic acids is 1. The molecular weight excluding hydrogens is 220 g/mol. The molecule has 2 rings (SSSR count). The molecule has 0 radical (unpaired) electrons. The van der Waals surface area contributed by atoms with Crippen LogP contribution >= 0.6 is 0 Å². The van der Waals surface area contributed by atoms with Crippen LogP contribution in [0.3, 0.4) is 0 Å². The van der Waals surface area contributed by atoms with Gasteiger partial charge in [0.25, 0.3) is 0 Å². The van der Waals surface area contributed by atoms with E-state index in [2.05, 4.69) is 4.98 Å². The number of aryl methyl sites for hydroxylation is 1. The van der Waals surface area contributed by atoms with Crippen LogP contribution < -0.4 is 4.90 Å². The Kier molecular flexibility index (Phi) is 3.58. The SMILES string of the molecule is Cc1ccc(C(=O)O)c(N2CCCOCC2)n1. The van der Waals surface area contributed by atoms with E-state index in [1.807, 2.05) is 11.8 Å². The molecule has 0 amide bonds. The molecule has 1 N–H and O–H groups in total. The van der Waals surface area contributed by atoms with Gasteiger partial charge in [-0.2, -0.15) is 0 Å². The van der Waals surface area contributed by atoms with E-state index in [1.165, 1.54) is 0 Å². The van der Waals surface area contributed by atoms with Crippen molar-refractivity contribution in [3.63, 3.8) is 0 Å². The molecule has 1 aromatic heterocycles. The third kappa shape index (κ3) is 2.74. The minimum absolute atomic E-state index is 0.262. The molecule has 92 valence electrons. The van der Waals surface area contributed by atoms with Gasteiger partial charge in [0, 0.05) is 25.4 Å². The lowest BCUT2D eigenvalue weighted by atomic mass is 10.2. The summed E-state index contributed by atoms with van der Waals surface area (Å²) in [5.74, 6) is -0.374. The Hall–Kier alpha value is -1.62. The molecule has 0 spiro atoms. The summed E-state index contributed by atoms with van der Waals surface area (Å²) in [6, 6.07) is 3.34. The molecule has 1 aliphatic rings. The quantitative estimate of drug-likeness (QED) is 0.839. The maximum Gasteiger partial charge on any atom is 0.339 e. The Morgan fingerprint density at radius 3 is 3.00 bits per heavy atom. The zero-order chi connectivity index (χ0) is 12.3. The van der Waals surface area contributed by atoms with Crippen molar-refractivity contribution in [2.45, 2.75) is 13.3 Å². The highest BCUT2D eigenvalue weighted by atomic mass is 16.5. The van der Waals surface area contributed by atoms with Gasteiger partial charge in [0.05, 0.1) is 6.61 Å². The minimum atomic E-state index is -0.933. The number of rotatable bonds is 2. The first-order chi connectivity index (χ1) is 8.18. The number of hydrogen-bond acceptors (Lipinski definition) is 4. The van der Waals surface area contributed by atoms with E-state index in [0.717, 1.165) is 25.3 Å². The number of aromatic nitrogens is 1. The van der Waals surface area contributed by atoms with Crippen LogP contribution in [0, 0.1) is 6.92 Å². The smallest absolute Gasteiger partial charge is 0.339 e. The average molecular weight is 236 g/mol. The number of ether oxygens (including phenoxy) is 1. The van der Waals surface area contributed by atoms with Gasteiger partial charge in [-0.3, -0.25) is 0 Å². The first-order valence-electron chi connectivity index (χ1n) is 5.72. The molecule has 0 aromatic carbocycles. The normalized spacial score (nSPS) is 16.6. The van der Waals surface area contributed by atoms with Crippen molar-refractivity contribution in [2.24, 2.45) is 0 Å². The summed E-state index contributed by atoms with van der Waals surface area (Å²) in [5, 5.41) is 9.16. The van der Waals surface area contributed by atoms with Crippen molar-refractivity contribution < 1.29 is 14.6 Å². The third-order valence-corrected chi connectivity index (χ3v) is 2.77. The molecule has 1 aromatic rings. The van der Waals surface area contributed by atoms with Crippen LogP contribution in [0.2, 0.25) is 0 Å². The van der Waals surface area contributed by atoms with Gasteiger partial charge in [0.15, 0.2) is 0 Å². The minimum Gasteiger partial charge on any atom is -0.478 e. The van der Waals surface area contributed by atoms with E-state index in [9.17, 15) is 4.79 Å². The van der Waals surface area contributed by atoms with Gasteiger partial charge < -0.3 is 14.7 Å². The second kappa shape index (κ2) is 5.14. The highest BCUT2D eigenvalue weighted by Gasteiger charge is 2.19. The highest BCUT2D eigenvalue weighted by Crippen LogP contribution is 2.19. The van der Waals surface area contributed by atoms with Gasteiger partial charge in [-0.25, -0.2) is 9.78 Å².